The first-order valence-corrected chi connectivity index (χ1v) is 12.4. The largest absolute Gasteiger partial charge is 0.348 e. The second-order valence-electron chi connectivity index (χ2n) is 10.0. The van der Waals surface area contributed by atoms with Gasteiger partial charge in [0, 0.05) is 60.1 Å². The van der Waals surface area contributed by atoms with E-state index in [-0.39, 0.29) is 18.0 Å². The smallest absolute Gasteiger partial charge is 0.254 e. The third-order valence-electron chi connectivity index (χ3n) is 7.74. The molecule has 1 aromatic carbocycles. The highest BCUT2D eigenvalue weighted by Crippen LogP contribution is 2.29. The van der Waals surface area contributed by atoms with Gasteiger partial charge in [-0.2, -0.15) is 0 Å². The van der Waals surface area contributed by atoms with Crippen LogP contribution in [0.4, 0.5) is 0 Å². The van der Waals surface area contributed by atoms with Crippen molar-refractivity contribution < 1.29 is 4.79 Å². The molecule has 4 heterocycles. The summed E-state index contributed by atoms with van der Waals surface area (Å²) < 4.78 is 2.33. The van der Waals surface area contributed by atoms with Crippen molar-refractivity contribution in [3.05, 3.63) is 68.8 Å². The number of H-pyrrole nitrogens is 1. The van der Waals surface area contributed by atoms with Crippen LogP contribution < -0.4 is 16.2 Å². The van der Waals surface area contributed by atoms with E-state index in [4.69, 9.17) is 0 Å². The summed E-state index contributed by atoms with van der Waals surface area (Å²) in [4.78, 5) is 31.2. The molecule has 2 saturated heterocycles. The number of amides is 1. The molecule has 7 heteroatoms. The lowest BCUT2D eigenvalue weighted by Gasteiger charge is -2.42. The Kier molecular flexibility index (Phi) is 6.32. The van der Waals surface area contributed by atoms with Crippen LogP contribution in [0.15, 0.2) is 35.1 Å². The Morgan fingerprint density at radius 3 is 2.53 bits per heavy atom. The average molecular weight is 462 g/mol. The average Bonchev–Trinajstić information content (AvgIpc) is 3.04. The molecule has 0 saturated carbocycles. The minimum absolute atomic E-state index is 0.126. The van der Waals surface area contributed by atoms with E-state index in [0.717, 1.165) is 72.2 Å². The number of benzene rings is 1. The van der Waals surface area contributed by atoms with Crippen LogP contribution in [0.5, 0.6) is 0 Å². The second kappa shape index (κ2) is 9.39. The Balaban J connectivity index is 1.35. The Morgan fingerprint density at radius 2 is 1.85 bits per heavy atom. The number of carbonyl (C=O) groups excluding carboxylic acids is 1. The van der Waals surface area contributed by atoms with Crippen molar-refractivity contribution in [2.24, 2.45) is 5.92 Å². The number of aromatic nitrogens is 2. The number of aryl methyl sites for hydroxylation is 2. The van der Waals surface area contributed by atoms with Gasteiger partial charge in [0.1, 0.15) is 0 Å². The van der Waals surface area contributed by atoms with Gasteiger partial charge in [-0.3, -0.25) is 14.5 Å². The molecule has 34 heavy (non-hydrogen) atoms. The monoisotopic (exact) mass is 461 g/mol. The Hall–Kier alpha value is -2.90. The molecule has 2 fully saturated rings. The first-order valence-electron chi connectivity index (χ1n) is 12.4. The molecule has 3 N–H and O–H groups in total. The summed E-state index contributed by atoms with van der Waals surface area (Å²) in [6, 6.07) is 10.8. The molecule has 0 spiro atoms. The minimum Gasteiger partial charge on any atom is -0.348 e. The van der Waals surface area contributed by atoms with Gasteiger partial charge < -0.3 is 20.2 Å². The summed E-state index contributed by atoms with van der Waals surface area (Å²) in [6.07, 6.45) is 2.39. The number of nitrogens with zero attached hydrogens (tertiary/aromatic N) is 2. The van der Waals surface area contributed by atoms with Gasteiger partial charge in [0.15, 0.2) is 0 Å². The van der Waals surface area contributed by atoms with Crippen molar-refractivity contribution >= 4 is 16.8 Å². The summed E-state index contributed by atoms with van der Waals surface area (Å²) in [6.45, 7) is 11.5. The van der Waals surface area contributed by atoms with Gasteiger partial charge in [0.2, 0.25) is 0 Å². The number of nitrogens with one attached hydrogen (secondary N) is 3. The number of hydrogen-bond acceptors (Lipinski definition) is 4. The number of rotatable bonds is 6. The molecule has 0 bridgehead atoms. The third-order valence-corrected chi connectivity index (χ3v) is 7.74. The standard InChI is InChI=1S/C27H35N5O2/c1-17-12-18(2)30-26(33)23(17)15-29-27(34)25-19(3)32(24-7-5-4-6-22(24)25)16-20-8-10-31(11-9-20)21-13-28-14-21/h4-7,12,20-21,28H,8-11,13-16H2,1-3H3,(H,29,34)(H,30,33). The summed E-state index contributed by atoms with van der Waals surface area (Å²) in [5.74, 6) is 0.489. The van der Waals surface area contributed by atoms with Gasteiger partial charge in [0.25, 0.3) is 11.5 Å². The van der Waals surface area contributed by atoms with Crippen LogP contribution in [-0.2, 0) is 13.1 Å². The maximum Gasteiger partial charge on any atom is 0.254 e. The maximum atomic E-state index is 13.4. The summed E-state index contributed by atoms with van der Waals surface area (Å²) in [7, 11) is 0. The van der Waals surface area contributed by atoms with E-state index in [1.54, 1.807) is 0 Å². The zero-order valence-electron chi connectivity index (χ0n) is 20.4. The molecule has 0 atom stereocenters. The van der Waals surface area contributed by atoms with Gasteiger partial charge in [-0.25, -0.2) is 0 Å². The van der Waals surface area contributed by atoms with Crippen LogP contribution in [0.1, 0.15) is 45.7 Å². The third kappa shape index (κ3) is 4.30. The fourth-order valence-corrected chi connectivity index (χ4v) is 5.60. The fraction of sp³-hybridized carbons (Fsp3) is 0.481. The summed E-state index contributed by atoms with van der Waals surface area (Å²) in [5.41, 5.74) is 5.01. The molecule has 180 valence electrons. The van der Waals surface area contributed by atoms with Crippen molar-refractivity contribution in [2.75, 3.05) is 26.2 Å². The lowest BCUT2D eigenvalue weighted by molar-refractivity contribution is 0.0937. The fourth-order valence-electron chi connectivity index (χ4n) is 5.60. The van der Waals surface area contributed by atoms with E-state index in [1.807, 2.05) is 45.0 Å². The molecule has 2 aromatic heterocycles. The van der Waals surface area contributed by atoms with Gasteiger partial charge in [-0.05, 0) is 70.3 Å². The van der Waals surface area contributed by atoms with Gasteiger partial charge >= 0.3 is 0 Å². The van der Waals surface area contributed by atoms with E-state index >= 15 is 0 Å². The van der Waals surface area contributed by atoms with Crippen LogP contribution in [0, 0.1) is 26.7 Å². The topological polar surface area (TPSA) is 82.2 Å². The van der Waals surface area contributed by atoms with Gasteiger partial charge in [-0.1, -0.05) is 18.2 Å². The molecule has 3 aromatic rings. The van der Waals surface area contributed by atoms with Crippen molar-refractivity contribution in [3.8, 4) is 0 Å². The number of likely N-dealkylation sites (tertiary alicyclic amines) is 1. The molecule has 5 rings (SSSR count). The Morgan fingerprint density at radius 1 is 1.12 bits per heavy atom. The summed E-state index contributed by atoms with van der Waals surface area (Å²) in [5, 5.41) is 7.37. The van der Waals surface area contributed by atoms with Gasteiger partial charge in [-0.15, -0.1) is 0 Å². The molecule has 0 unspecified atom stereocenters. The highest BCUT2D eigenvalue weighted by molar-refractivity contribution is 6.08. The SMILES string of the molecule is Cc1cc(C)c(CNC(=O)c2c(C)n(CC3CCN(C4CNC4)CC3)c3ccccc23)c(=O)[nH]1. The van der Waals surface area contributed by atoms with Crippen LogP contribution >= 0.6 is 0 Å². The van der Waals surface area contributed by atoms with Gasteiger partial charge in [0.05, 0.1) is 5.56 Å². The normalized spacial score (nSPS) is 17.7. The van der Waals surface area contributed by atoms with Crippen LogP contribution in [0.2, 0.25) is 0 Å². The van der Waals surface area contributed by atoms with Crippen LogP contribution in [0.3, 0.4) is 0 Å². The van der Waals surface area contributed by atoms with Crippen molar-refractivity contribution in [1.82, 2.24) is 25.1 Å². The number of para-hydroxylation sites is 1. The zero-order chi connectivity index (χ0) is 23.8. The second-order valence-corrected chi connectivity index (χ2v) is 10.0. The van der Waals surface area contributed by atoms with Crippen LogP contribution in [-0.4, -0.2) is 52.6 Å². The van der Waals surface area contributed by atoms with Crippen molar-refractivity contribution in [2.45, 2.75) is 52.7 Å². The number of fused-ring (bicyclic) bond motifs is 1. The highest BCUT2D eigenvalue weighted by atomic mass is 16.2. The number of piperidine rings is 1. The molecule has 2 aliphatic heterocycles. The van der Waals surface area contributed by atoms with E-state index in [9.17, 15) is 9.59 Å². The minimum atomic E-state index is -0.138. The van der Waals surface area contributed by atoms with Crippen molar-refractivity contribution in [1.29, 1.82) is 0 Å². The first-order chi connectivity index (χ1) is 16.4. The van der Waals surface area contributed by atoms with E-state index in [0.29, 0.717) is 11.5 Å². The first kappa shape index (κ1) is 22.9. The Labute approximate surface area is 200 Å². The molecule has 1 amide bonds. The predicted octanol–water partition coefficient (Wildman–Crippen LogP) is 2.87. The van der Waals surface area contributed by atoms with Crippen LogP contribution in [0.25, 0.3) is 10.9 Å². The molecule has 7 nitrogen and oxygen atoms in total. The Bertz CT molecular complexity index is 1260. The summed E-state index contributed by atoms with van der Waals surface area (Å²) >= 11 is 0. The lowest BCUT2D eigenvalue weighted by Crippen LogP contribution is -2.58. The molecular formula is C27H35N5O2. The van der Waals surface area contributed by atoms with E-state index < -0.39 is 0 Å². The predicted molar refractivity (Wildman–Crippen MR) is 135 cm³/mol. The van der Waals surface area contributed by atoms with Crippen molar-refractivity contribution in [3.63, 3.8) is 0 Å². The molecule has 2 aliphatic rings. The maximum absolute atomic E-state index is 13.4. The quantitative estimate of drug-likeness (QED) is 0.527. The highest BCUT2D eigenvalue weighted by Gasteiger charge is 2.29. The number of carbonyl (C=O) groups is 1. The molecular weight excluding hydrogens is 426 g/mol. The van der Waals surface area contributed by atoms with E-state index in [2.05, 4.69) is 31.2 Å². The molecule has 0 radical (unpaired) electrons. The number of aromatic amines is 1. The van der Waals surface area contributed by atoms with E-state index in [1.165, 1.54) is 12.8 Å². The lowest BCUT2D eigenvalue weighted by atomic mass is 9.94. The zero-order valence-corrected chi connectivity index (χ0v) is 20.4. The molecule has 0 aliphatic carbocycles. The number of pyridine rings is 1. The number of hydrogen-bond donors (Lipinski definition) is 3.